The third-order valence-corrected chi connectivity index (χ3v) is 2.78. The fourth-order valence-corrected chi connectivity index (χ4v) is 2.10. The highest BCUT2D eigenvalue weighted by atomic mass is 35.5. The molecule has 0 saturated carbocycles. The van der Waals surface area contributed by atoms with E-state index in [9.17, 15) is 4.39 Å². The van der Waals surface area contributed by atoms with Gasteiger partial charge in [0.15, 0.2) is 0 Å². The van der Waals surface area contributed by atoms with E-state index in [1.165, 1.54) is 6.07 Å². The molecule has 0 aliphatic rings. The molecule has 0 radical (unpaired) electrons. The summed E-state index contributed by atoms with van der Waals surface area (Å²) in [5.74, 6) is 0.759. The van der Waals surface area contributed by atoms with Gasteiger partial charge in [-0.05, 0) is 29.5 Å². The molecule has 2 rings (SSSR count). The molecule has 0 fully saturated rings. The number of alkyl halides is 1. The number of aromatic nitrogens is 2. The lowest BCUT2D eigenvalue weighted by Crippen LogP contribution is -2.09. The van der Waals surface area contributed by atoms with Gasteiger partial charge in [-0.15, -0.1) is 11.6 Å². The van der Waals surface area contributed by atoms with Gasteiger partial charge in [-0.1, -0.05) is 20.8 Å². The topological polar surface area (TPSA) is 28.7 Å². The third kappa shape index (κ3) is 2.78. The molecule has 0 unspecified atom stereocenters. The highest BCUT2D eigenvalue weighted by Gasteiger charge is 2.16. The summed E-state index contributed by atoms with van der Waals surface area (Å²) in [5, 5.41) is 0. The Labute approximate surface area is 105 Å². The minimum atomic E-state index is -0.235. The molecule has 1 aromatic heterocycles. The normalized spacial score (nSPS) is 12.3. The number of benzene rings is 1. The van der Waals surface area contributed by atoms with Crippen LogP contribution in [0.5, 0.6) is 0 Å². The first kappa shape index (κ1) is 12.4. The first-order valence-electron chi connectivity index (χ1n) is 5.62. The molecule has 0 spiro atoms. The predicted molar refractivity (Wildman–Crippen MR) is 68.8 cm³/mol. The molecule has 0 amide bonds. The van der Waals surface area contributed by atoms with Crippen LogP contribution in [-0.2, 0) is 12.3 Å². The molecule has 1 heterocycles. The van der Waals surface area contributed by atoms with E-state index in [4.69, 9.17) is 11.6 Å². The van der Waals surface area contributed by atoms with Crippen molar-refractivity contribution in [3.8, 4) is 0 Å². The lowest BCUT2D eigenvalue weighted by atomic mass is 9.87. The molecule has 4 heteroatoms. The van der Waals surface area contributed by atoms with E-state index < -0.39 is 0 Å². The lowest BCUT2D eigenvalue weighted by molar-refractivity contribution is 0.411. The van der Waals surface area contributed by atoms with Gasteiger partial charge in [-0.3, -0.25) is 0 Å². The number of hydrogen-bond acceptors (Lipinski definition) is 1. The predicted octanol–water partition coefficient (Wildman–Crippen LogP) is 4.03. The Morgan fingerprint density at radius 1 is 1.35 bits per heavy atom. The molecule has 0 atom stereocenters. The van der Waals surface area contributed by atoms with Crippen molar-refractivity contribution in [2.75, 3.05) is 0 Å². The van der Waals surface area contributed by atoms with Gasteiger partial charge in [-0.25, -0.2) is 9.37 Å². The van der Waals surface area contributed by atoms with Crippen LogP contribution in [0.15, 0.2) is 12.1 Å². The summed E-state index contributed by atoms with van der Waals surface area (Å²) < 4.78 is 13.5. The van der Waals surface area contributed by atoms with E-state index >= 15 is 0 Å². The van der Waals surface area contributed by atoms with Crippen LogP contribution in [-0.4, -0.2) is 9.97 Å². The van der Waals surface area contributed by atoms with Crippen LogP contribution in [0.2, 0.25) is 0 Å². The zero-order valence-corrected chi connectivity index (χ0v) is 11.0. The van der Waals surface area contributed by atoms with E-state index in [-0.39, 0.29) is 11.2 Å². The molecule has 0 saturated heterocycles. The first-order chi connectivity index (χ1) is 7.89. The summed E-state index contributed by atoms with van der Waals surface area (Å²) in [4.78, 5) is 7.43. The fourth-order valence-electron chi connectivity index (χ4n) is 1.97. The summed E-state index contributed by atoms with van der Waals surface area (Å²) in [5.41, 5.74) is 2.58. The van der Waals surface area contributed by atoms with Gasteiger partial charge in [0.05, 0.1) is 16.9 Å². The maximum atomic E-state index is 13.5. The van der Waals surface area contributed by atoms with E-state index in [1.54, 1.807) is 6.07 Å². The smallest absolute Gasteiger partial charge is 0.125 e. The van der Waals surface area contributed by atoms with E-state index in [0.29, 0.717) is 11.7 Å². The number of nitrogens with one attached hydrogen (secondary N) is 1. The van der Waals surface area contributed by atoms with Crippen LogP contribution in [0, 0.1) is 11.2 Å². The molecule has 0 aliphatic heterocycles. The number of halogens is 2. The standard InChI is InChI=1S/C13H16ClFN2/c1-13(2,3)6-8-4-9(15)5-10-12(8)17-11(7-14)16-10/h4-5H,6-7H2,1-3H3,(H,16,17). The molecule has 2 aromatic rings. The maximum Gasteiger partial charge on any atom is 0.125 e. The van der Waals surface area contributed by atoms with Gasteiger partial charge >= 0.3 is 0 Å². The van der Waals surface area contributed by atoms with Crippen molar-refractivity contribution in [2.45, 2.75) is 33.1 Å². The van der Waals surface area contributed by atoms with E-state index in [1.807, 2.05) is 0 Å². The second-order valence-corrected chi connectivity index (χ2v) is 5.78. The van der Waals surface area contributed by atoms with E-state index in [2.05, 4.69) is 30.7 Å². The Hall–Kier alpha value is -1.09. The quantitative estimate of drug-likeness (QED) is 0.806. The fraction of sp³-hybridized carbons (Fsp3) is 0.462. The number of fused-ring (bicyclic) bond motifs is 1. The minimum absolute atomic E-state index is 0.0980. The zero-order valence-electron chi connectivity index (χ0n) is 10.3. The SMILES string of the molecule is CC(C)(C)Cc1cc(F)cc2[nH]c(CCl)nc12. The minimum Gasteiger partial charge on any atom is -0.341 e. The summed E-state index contributed by atoms with van der Waals surface area (Å²) in [6.07, 6.45) is 0.786. The molecule has 0 aliphatic carbocycles. The molecule has 92 valence electrons. The van der Waals surface area contributed by atoms with Crippen LogP contribution in [0.3, 0.4) is 0 Å². The molecule has 1 N–H and O–H groups in total. The van der Waals surface area contributed by atoms with Gasteiger partial charge in [0.2, 0.25) is 0 Å². The Bertz CT molecular complexity index is 540. The Kier molecular flexibility index (Phi) is 3.13. The summed E-state index contributed by atoms with van der Waals surface area (Å²) in [6, 6.07) is 3.02. The van der Waals surface area contributed by atoms with Gasteiger partial charge in [0.25, 0.3) is 0 Å². The molecule has 17 heavy (non-hydrogen) atoms. The molecular formula is C13H16ClFN2. The Morgan fingerprint density at radius 2 is 2.06 bits per heavy atom. The third-order valence-electron chi connectivity index (χ3n) is 2.53. The Balaban J connectivity index is 2.56. The van der Waals surface area contributed by atoms with E-state index in [0.717, 1.165) is 23.0 Å². The summed E-state index contributed by atoms with van der Waals surface area (Å²) in [6.45, 7) is 6.37. The monoisotopic (exact) mass is 254 g/mol. The van der Waals surface area contributed by atoms with Crippen LogP contribution in [0.25, 0.3) is 11.0 Å². The first-order valence-corrected chi connectivity index (χ1v) is 6.15. The largest absolute Gasteiger partial charge is 0.341 e. The van der Waals surface area contributed by atoms with Crippen molar-refractivity contribution in [2.24, 2.45) is 5.41 Å². The van der Waals surface area contributed by atoms with Crippen LogP contribution in [0.4, 0.5) is 4.39 Å². The zero-order chi connectivity index (χ0) is 12.6. The number of rotatable bonds is 2. The highest BCUT2D eigenvalue weighted by Crippen LogP contribution is 2.26. The van der Waals surface area contributed by atoms with Crippen LogP contribution >= 0.6 is 11.6 Å². The average Bonchev–Trinajstić information content (AvgIpc) is 2.58. The molecule has 0 bridgehead atoms. The van der Waals surface area contributed by atoms with Gasteiger partial charge in [-0.2, -0.15) is 0 Å². The number of nitrogens with zero attached hydrogens (tertiary/aromatic N) is 1. The summed E-state index contributed by atoms with van der Waals surface area (Å²) >= 11 is 5.74. The lowest BCUT2D eigenvalue weighted by Gasteiger charge is -2.18. The second kappa shape index (κ2) is 4.30. The number of aromatic amines is 1. The van der Waals surface area contributed by atoms with Crippen LogP contribution < -0.4 is 0 Å². The van der Waals surface area contributed by atoms with Crippen molar-refractivity contribution >= 4 is 22.6 Å². The summed E-state index contributed by atoms with van der Waals surface area (Å²) in [7, 11) is 0. The van der Waals surface area contributed by atoms with Gasteiger partial charge in [0, 0.05) is 0 Å². The van der Waals surface area contributed by atoms with Crippen molar-refractivity contribution in [1.82, 2.24) is 9.97 Å². The van der Waals surface area contributed by atoms with Gasteiger partial charge < -0.3 is 4.98 Å². The number of hydrogen-bond donors (Lipinski definition) is 1. The van der Waals surface area contributed by atoms with Gasteiger partial charge in [0.1, 0.15) is 11.6 Å². The maximum absolute atomic E-state index is 13.5. The van der Waals surface area contributed by atoms with Crippen molar-refractivity contribution in [3.63, 3.8) is 0 Å². The van der Waals surface area contributed by atoms with Crippen molar-refractivity contribution in [1.29, 1.82) is 0 Å². The molecule has 2 nitrogen and oxygen atoms in total. The van der Waals surface area contributed by atoms with Crippen molar-refractivity contribution < 1.29 is 4.39 Å². The molecular weight excluding hydrogens is 239 g/mol. The average molecular weight is 255 g/mol. The number of imidazole rings is 1. The van der Waals surface area contributed by atoms with Crippen molar-refractivity contribution in [3.05, 3.63) is 29.3 Å². The number of H-pyrrole nitrogens is 1. The van der Waals surface area contributed by atoms with Crippen LogP contribution in [0.1, 0.15) is 32.2 Å². The second-order valence-electron chi connectivity index (χ2n) is 5.52. The molecule has 1 aromatic carbocycles. The highest BCUT2D eigenvalue weighted by molar-refractivity contribution is 6.16. The Morgan fingerprint density at radius 3 is 2.65 bits per heavy atom.